The molecule has 0 aliphatic rings. The summed E-state index contributed by atoms with van der Waals surface area (Å²) in [5.74, 6) is -2.66. The molecule has 2 aromatic carbocycles. The van der Waals surface area contributed by atoms with Gasteiger partial charge in [0, 0.05) is 30.8 Å². The summed E-state index contributed by atoms with van der Waals surface area (Å²) in [5.41, 5.74) is -0.0422. The highest BCUT2D eigenvalue weighted by Crippen LogP contribution is 2.30. The summed E-state index contributed by atoms with van der Waals surface area (Å²) in [6.45, 7) is 0.850. The molecule has 0 aliphatic heterocycles. The molecule has 0 atom stereocenters. The Labute approximate surface area is 184 Å². The molecule has 9 heteroatoms. The molecule has 2 rings (SSSR count). The van der Waals surface area contributed by atoms with E-state index in [1.54, 1.807) is 6.07 Å². The number of carbonyl (C=O) groups is 3. The van der Waals surface area contributed by atoms with Gasteiger partial charge in [0.1, 0.15) is 23.0 Å². The molecule has 0 saturated heterocycles. The topological polar surface area (TPSA) is 153 Å². The summed E-state index contributed by atoms with van der Waals surface area (Å²) in [5, 5.41) is 40.4. The number of ketones is 1. The van der Waals surface area contributed by atoms with Gasteiger partial charge in [-0.1, -0.05) is 12.8 Å². The molecule has 0 fully saturated rings. The van der Waals surface area contributed by atoms with Gasteiger partial charge in [0.25, 0.3) is 0 Å². The minimum Gasteiger partial charge on any atom is -0.508 e. The third-order valence-corrected chi connectivity index (χ3v) is 4.46. The number of carboxylic acid groups (broad SMARTS) is 1. The Hall–Kier alpha value is -4.01. The second-order valence-corrected chi connectivity index (χ2v) is 6.93. The maximum absolute atomic E-state index is 12.5. The second kappa shape index (κ2) is 12.0. The maximum atomic E-state index is 12.5. The van der Waals surface area contributed by atoms with Crippen molar-refractivity contribution in [3.05, 3.63) is 59.7 Å². The molecule has 0 bridgehead atoms. The number of phenolic OH excluding ortho intramolecular Hbond substituents is 3. The summed E-state index contributed by atoms with van der Waals surface area (Å²) in [4.78, 5) is 34.1. The molecule has 0 aromatic heterocycles. The predicted molar refractivity (Wildman–Crippen MR) is 115 cm³/mol. The lowest BCUT2D eigenvalue weighted by molar-refractivity contribution is -0.131. The first-order chi connectivity index (χ1) is 15.3. The average Bonchev–Trinajstić information content (AvgIpc) is 2.73. The number of carboxylic acids is 1. The molecule has 2 aromatic rings. The van der Waals surface area contributed by atoms with Crippen LogP contribution in [0, 0.1) is 0 Å². The number of phenols is 3. The molecule has 9 nitrogen and oxygen atoms in total. The van der Waals surface area contributed by atoms with E-state index in [1.807, 2.05) is 0 Å². The van der Waals surface area contributed by atoms with Crippen LogP contribution >= 0.6 is 0 Å². The Morgan fingerprint density at radius 2 is 1.50 bits per heavy atom. The fraction of sp³-hybridized carbons (Fsp3) is 0.261. The third kappa shape index (κ3) is 7.67. The van der Waals surface area contributed by atoms with Gasteiger partial charge in [0.15, 0.2) is 5.78 Å². The first-order valence-corrected chi connectivity index (χ1v) is 9.99. The number of rotatable bonds is 12. The van der Waals surface area contributed by atoms with E-state index >= 15 is 0 Å². The fourth-order valence-electron chi connectivity index (χ4n) is 2.84. The summed E-state index contributed by atoms with van der Waals surface area (Å²) in [6.07, 6.45) is 4.94. The molecule has 0 saturated carbocycles. The van der Waals surface area contributed by atoms with Crippen molar-refractivity contribution in [2.24, 2.45) is 0 Å². The van der Waals surface area contributed by atoms with E-state index in [1.165, 1.54) is 24.3 Å². The Kier molecular flexibility index (Phi) is 9.09. The summed E-state index contributed by atoms with van der Waals surface area (Å²) >= 11 is 0. The number of hydrogen-bond donors (Lipinski definition) is 5. The third-order valence-electron chi connectivity index (χ3n) is 4.46. The SMILES string of the molecule is O=C(O)C=CC(=O)NCCCCCCOc1ccc(C(=O)c2ccc(O)cc2O)c(O)c1. The van der Waals surface area contributed by atoms with Crippen LogP contribution in [0.1, 0.15) is 41.6 Å². The molecule has 0 heterocycles. The number of carbonyl (C=O) groups excluding carboxylic acids is 2. The lowest BCUT2D eigenvalue weighted by Gasteiger charge is -2.10. The molecular weight excluding hydrogens is 418 g/mol. The van der Waals surface area contributed by atoms with Crippen LogP contribution in [-0.2, 0) is 9.59 Å². The quantitative estimate of drug-likeness (QED) is 0.191. The Balaban J connectivity index is 1.71. The van der Waals surface area contributed by atoms with Gasteiger partial charge in [-0.2, -0.15) is 0 Å². The van der Waals surface area contributed by atoms with Crippen LogP contribution in [0.5, 0.6) is 23.0 Å². The van der Waals surface area contributed by atoms with Gasteiger partial charge in [-0.15, -0.1) is 0 Å². The van der Waals surface area contributed by atoms with Gasteiger partial charge in [0.05, 0.1) is 17.7 Å². The highest BCUT2D eigenvalue weighted by Gasteiger charge is 2.18. The Morgan fingerprint density at radius 1 is 0.844 bits per heavy atom. The number of aromatic hydroxyl groups is 3. The molecule has 1 amide bonds. The van der Waals surface area contributed by atoms with E-state index in [2.05, 4.69) is 5.32 Å². The normalized spacial score (nSPS) is 10.8. The minimum absolute atomic E-state index is 0.00131. The second-order valence-electron chi connectivity index (χ2n) is 6.93. The van der Waals surface area contributed by atoms with Crippen LogP contribution < -0.4 is 10.1 Å². The number of hydrogen-bond acceptors (Lipinski definition) is 7. The lowest BCUT2D eigenvalue weighted by Crippen LogP contribution is -2.22. The molecule has 0 radical (unpaired) electrons. The van der Waals surface area contributed by atoms with Crippen LogP contribution in [0.3, 0.4) is 0 Å². The number of aliphatic carboxylic acids is 1. The smallest absolute Gasteiger partial charge is 0.328 e. The predicted octanol–water partition coefficient (Wildman–Crippen LogP) is 2.73. The van der Waals surface area contributed by atoms with Gasteiger partial charge in [-0.3, -0.25) is 9.59 Å². The first kappa shape index (κ1) is 24.3. The monoisotopic (exact) mass is 443 g/mol. The van der Waals surface area contributed by atoms with Gasteiger partial charge in [-0.05, 0) is 37.1 Å². The van der Waals surface area contributed by atoms with Crippen molar-refractivity contribution in [1.82, 2.24) is 5.32 Å². The minimum atomic E-state index is -1.17. The number of unbranched alkanes of at least 4 members (excludes halogenated alkanes) is 3. The van der Waals surface area contributed by atoms with Gasteiger partial charge in [-0.25, -0.2) is 4.79 Å². The highest BCUT2D eigenvalue weighted by atomic mass is 16.5. The molecular formula is C23H25NO8. The summed E-state index contributed by atoms with van der Waals surface area (Å²) < 4.78 is 5.58. The van der Waals surface area contributed by atoms with Crippen molar-refractivity contribution in [1.29, 1.82) is 0 Å². The van der Waals surface area contributed by atoms with Crippen molar-refractivity contribution in [2.75, 3.05) is 13.2 Å². The van der Waals surface area contributed by atoms with E-state index in [0.717, 1.165) is 43.9 Å². The number of ether oxygens (including phenoxy) is 1. The van der Waals surface area contributed by atoms with Gasteiger partial charge < -0.3 is 30.5 Å². The zero-order valence-corrected chi connectivity index (χ0v) is 17.3. The van der Waals surface area contributed by atoms with E-state index in [9.17, 15) is 29.7 Å². The van der Waals surface area contributed by atoms with E-state index in [4.69, 9.17) is 9.84 Å². The standard InChI is InChI=1S/C23H25NO8/c25-15-5-7-17(19(26)13-15)23(31)18-8-6-16(14-20(18)27)32-12-4-2-1-3-11-24-21(28)9-10-22(29)30/h5-10,13-14,25-27H,1-4,11-12H2,(H,24,28)(H,29,30). The van der Waals surface area contributed by atoms with Crippen LogP contribution in [0.4, 0.5) is 0 Å². The van der Waals surface area contributed by atoms with E-state index in [0.29, 0.717) is 18.9 Å². The zero-order valence-electron chi connectivity index (χ0n) is 17.3. The van der Waals surface area contributed by atoms with Crippen molar-refractivity contribution < 1.29 is 39.5 Å². The molecule has 32 heavy (non-hydrogen) atoms. The first-order valence-electron chi connectivity index (χ1n) is 9.99. The van der Waals surface area contributed by atoms with E-state index in [-0.39, 0.29) is 28.4 Å². The largest absolute Gasteiger partial charge is 0.508 e. The van der Waals surface area contributed by atoms with Gasteiger partial charge in [0.2, 0.25) is 5.91 Å². The highest BCUT2D eigenvalue weighted by molar-refractivity contribution is 6.12. The Morgan fingerprint density at radius 3 is 2.16 bits per heavy atom. The molecule has 170 valence electrons. The fourth-order valence-corrected chi connectivity index (χ4v) is 2.84. The molecule has 0 aliphatic carbocycles. The Bertz CT molecular complexity index is 999. The number of amides is 1. The van der Waals surface area contributed by atoms with Crippen molar-refractivity contribution in [2.45, 2.75) is 25.7 Å². The van der Waals surface area contributed by atoms with Crippen LogP contribution in [0.2, 0.25) is 0 Å². The molecule has 0 unspecified atom stereocenters. The average molecular weight is 443 g/mol. The van der Waals surface area contributed by atoms with Crippen LogP contribution in [0.25, 0.3) is 0 Å². The van der Waals surface area contributed by atoms with Crippen molar-refractivity contribution >= 4 is 17.7 Å². The summed E-state index contributed by atoms with van der Waals surface area (Å²) in [7, 11) is 0. The molecule has 0 spiro atoms. The number of nitrogens with one attached hydrogen (secondary N) is 1. The zero-order chi connectivity index (χ0) is 23.5. The van der Waals surface area contributed by atoms with Crippen LogP contribution in [-0.4, -0.2) is 51.2 Å². The lowest BCUT2D eigenvalue weighted by atomic mass is 10.0. The maximum Gasteiger partial charge on any atom is 0.328 e. The summed E-state index contributed by atoms with van der Waals surface area (Å²) in [6, 6.07) is 7.86. The van der Waals surface area contributed by atoms with Crippen molar-refractivity contribution in [3.8, 4) is 23.0 Å². The van der Waals surface area contributed by atoms with Crippen molar-refractivity contribution in [3.63, 3.8) is 0 Å². The van der Waals surface area contributed by atoms with Crippen LogP contribution in [0.15, 0.2) is 48.6 Å². The van der Waals surface area contributed by atoms with Gasteiger partial charge >= 0.3 is 5.97 Å². The van der Waals surface area contributed by atoms with E-state index < -0.39 is 17.7 Å². The number of benzene rings is 2. The molecule has 5 N–H and O–H groups in total.